The molecule has 32 heavy (non-hydrogen) atoms. The summed E-state index contributed by atoms with van der Waals surface area (Å²) < 4.78 is 0. The minimum atomic E-state index is -0.914. The van der Waals surface area contributed by atoms with E-state index in [2.05, 4.69) is 16.0 Å². The van der Waals surface area contributed by atoms with E-state index >= 15 is 0 Å². The van der Waals surface area contributed by atoms with Gasteiger partial charge in [0.05, 0.1) is 0 Å². The monoisotopic (exact) mass is 449 g/mol. The van der Waals surface area contributed by atoms with Gasteiger partial charge in [-0.25, -0.2) is 4.79 Å². The SMILES string of the molecule is CN(C)C(=N)c1ccc(NC(=O)C(NC(=O)Nc2ccc(Cl)cc2)c2ccccc2)cc1. The smallest absolute Gasteiger partial charge is 0.320 e. The molecule has 1 unspecified atom stereocenters. The molecule has 164 valence electrons. The number of urea groups is 1. The minimum Gasteiger partial charge on any atom is -0.363 e. The molecule has 7 nitrogen and oxygen atoms in total. The topological polar surface area (TPSA) is 97.3 Å². The fourth-order valence-corrected chi connectivity index (χ4v) is 3.09. The van der Waals surface area contributed by atoms with E-state index in [4.69, 9.17) is 17.0 Å². The number of hydrogen-bond acceptors (Lipinski definition) is 3. The molecular formula is C24H24ClN5O2. The maximum absolute atomic E-state index is 13.1. The van der Waals surface area contributed by atoms with E-state index in [1.54, 1.807) is 91.8 Å². The van der Waals surface area contributed by atoms with Gasteiger partial charge in [-0.3, -0.25) is 10.2 Å². The Hall–Kier alpha value is -3.84. The van der Waals surface area contributed by atoms with E-state index in [9.17, 15) is 9.59 Å². The van der Waals surface area contributed by atoms with E-state index in [0.29, 0.717) is 27.8 Å². The van der Waals surface area contributed by atoms with Crippen LogP contribution in [0.2, 0.25) is 5.02 Å². The number of nitrogens with one attached hydrogen (secondary N) is 4. The molecule has 0 saturated carbocycles. The molecule has 3 amide bonds. The summed E-state index contributed by atoms with van der Waals surface area (Å²) >= 11 is 5.88. The quantitative estimate of drug-likeness (QED) is 0.323. The normalized spacial score (nSPS) is 11.2. The lowest BCUT2D eigenvalue weighted by atomic mass is 10.1. The molecule has 0 heterocycles. The zero-order valence-corrected chi connectivity index (χ0v) is 18.5. The predicted octanol–water partition coefficient (Wildman–Crippen LogP) is 4.73. The second-order valence-electron chi connectivity index (χ2n) is 7.26. The number of benzene rings is 3. The van der Waals surface area contributed by atoms with Crippen LogP contribution < -0.4 is 16.0 Å². The van der Waals surface area contributed by atoms with Crippen LogP contribution in [0.15, 0.2) is 78.9 Å². The van der Waals surface area contributed by atoms with Crippen molar-refractivity contribution >= 4 is 40.7 Å². The predicted molar refractivity (Wildman–Crippen MR) is 128 cm³/mol. The van der Waals surface area contributed by atoms with Crippen molar-refractivity contribution in [3.8, 4) is 0 Å². The Morgan fingerprint density at radius 2 is 1.41 bits per heavy atom. The number of halogens is 1. The average molecular weight is 450 g/mol. The highest BCUT2D eigenvalue weighted by Crippen LogP contribution is 2.18. The van der Waals surface area contributed by atoms with Crippen molar-refractivity contribution in [2.45, 2.75) is 6.04 Å². The number of nitrogens with zero attached hydrogens (tertiary/aromatic N) is 1. The lowest BCUT2D eigenvalue weighted by Crippen LogP contribution is -2.39. The van der Waals surface area contributed by atoms with Gasteiger partial charge in [-0.2, -0.15) is 0 Å². The van der Waals surface area contributed by atoms with Crippen LogP contribution in [0.25, 0.3) is 0 Å². The summed E-state index contributed by atoms with van der Waals surface area (Å²) in [4.78, 5) is 27.3. The Bertz CT molecular complexity index is 1080. The van der Waals surface area contributed by atoms with Gasteiger partial charge in [-0.05, 0) is 54.1 Å². The first-order chi connectivity index (χ1) is 15.3. The lowest BCUT2D eigenvalue weighted by molar-refractivity contribution is -0.118. The zero-order chi connectivity index (χ0) is 23.1. The molecule has 3 aromatic carbocycles. The van der Waals surface area contributed by atoms with Gasteiger partial charge >= 0.3 is 6.03 Å². The highest BCUT2D eigenvalue weighted by molar-refractivity contribution is 6.30. The number of anilines is 2. The van der Waals surface area contributed by atoms with Crippen LogP contribution in [0, 0.1) is 5.41 Å². The van der Waals surface area contributed by atoms with E-state index in [0.717, 1.165) is 5.56 Å². The third-order valence-electron chi connectivity index (χ3n) is 4.65. The molecule has 0 bridgehead atoms. The summed E-state index contributed by atoms with van der Waals surface area (Å²) in [6.07, 6.45) is 0. The zero-order valence-electron chi connectivity index (χ0n) is 17.7. The van der Waals surface area contributed by atoms with Crippen molar-refractivity contribution in [1.82, 2.24) is 10.2 Å². The van der Waals surface area contributed by atoms with Gasteiger partial charge in [-0.15, -0.1) is 0 Å². The Morgan fingerprint density at radius 1 is 0.844 bits per heavy atom. The summed E-state index contributed by atoms with van der Waals surface area (Å²) in [6.45, 7) is 0. The molecule has 0 spiro atoms. The van der Waals surface area contributed by atoms with Crippen molar-refractivity contribution in [2.24, 2.45) is 0 Å². The number of carbonyl (C=O) groups is 2. The van der Waals surface area contributed by atoms with Crippen LogP contribution >= 0.6 is 11.6 Å². The standard InChI is InChI=1S/C24H24ClN5O2/c1-30(2)22(26)17-8-12-19(13-9-17)27-23(31)21(16-6-4-3-5-7-16)29-24(32)28-20-14-10-18(25)11-15-20/h3-15,21,26H,1-2H3,(H,27,31)(H2,28,29,32). The molecular weight excluding hydrogens is 426 g/mol. The Kier molecular flexibility index (Phi) is 7.46. The van der Waals surface area contributed by atoms with Crippen LogP contribution in [0.1, 0.15) is 17.2 Å². The molecule has 0 aliphatic rings. The Balaban J connectivity index is 1.73. The number of carbonyl (C=O) groups excluding carboxylic acids is 2. The third-order valence-corrected chi connectivity index (χ3v) is 4.90. The number of rotatable bonds is 6. The molecule has 0 fully saturated rings. The first-order valence-corrected chi connectivity index (χ1v) is 10.3. The first kappa shape index (κ1) is 22.8. The molecule has 1 atom stereocenters. The Morgan fingerprint density at radius 3 is 2.00 bits per heavy atom. The second-order valence-corrected chi connectivity index (χ2v) is 7.70. The van der Waals surface area contributed by atoms with Crippen molar-refractivity contribution in [2.75, 3.05) is 24.7 Å². The van der Waals surface area contributed by atoms with Gasteiger partial charge < -0.3 is 20.9 Å². The Labute approximate surface area is 191 Å². The largest absolute Gasteiger partial charge is 0.363 e. The molecule has 0 aliphatic heterocycles. The molecule has 4 N–H and O–H groups in total. The summed E-state index contributed by atoms with van der Waals surface area (Å²) in [5.41, 5.74) is 2.49. The third kappa shape index (κ3) is 6.09. The number of amidine groups is 1. The van der Waals surface area contributed by atoms with E-state index in [1.807, 2.05) is 6.07 Å². The maximum Gasteiger partial charge on any atom is 0.320 e. The first-order valence-electron chi connectivity index (χ1n) is 9.88. The lowest BCUT2D eigenvalue weighted by Gasteiger charge is -2.20. The fourth-order valence-electron chi connectivity index (χ4n) is 2.96. The van der Waals surface area contributed by atoms with Crippen LogP contribution in [0.5, 0.6) is 0 Å². The molecule has 3 rings (SSSR count). The van der Waals surface area contributed by atoms with Crippen LogP contribution in [-0.4, -0.2) is 36.8 Å². The maximum atomic E-state index is 13.1. The van der Waals surface area contributed by atoms with E-state index < -0.39 is 18.0 Å². The number of amides is 3. The van der Waals surface area contributed by atoms with E-state index in [1.165, 1.54) is 0 Å². The number of hydrogen-bond donors (Lipinski definition) is 4. The molecule has 3 aromatic rings. The highest BCUT2D eigenvalue weighted by Gasteiger charge is 2.23. The van der Waals surface area contributed by atoms with Crippen LogP contribution in [0.3, 0.4) is 0 Å². The van der Waals surface area contributed by atoms with Crippen LogP contribution in [-0.2, 0) is 4.79 Å². The minimum absolute atomic E-state index is 0.366. The average Bonchev–Trinajstić information content (AvgIpc) is 2.79. The van der Waals surface area contributed by atoms with E-state index in [-0.39, 0.29) is 0 Å². The molecule has 8 heteroatoms. The second kappa shape index (κ2) is 10.5. The summed E-state index contributed by atoms with van der Waals surface area (Å²) in [7, 11) is 3.59. The van der Waals surface area contributed by atoms with Gasteiger partial charge in [0.25, 0.3) is 5.91 Å². The van der Waals surface area contributed by atoms with Gasteiger partial charge in [0, 0.05) is 36.1 Å². The van der Waals surface area contributed by atoms with Gasteiger partial charge in [-0.1, -0.05) is 41.9 Å². The van der Waals surface area contributed by atoms with Crippen LogP contribution in [0.4, 0.5) is 16.2 Å². The molecule has 0 aliphatic carbocycles. The summed E-state index contributed by atoms with van der Waals surface area (Å²) in [5.74, 6) is -0.0246. The highest BCUT2D eigenvalue weighted by atomic mass is 35.5. The van der Waals surface area contributed by atoms with Crippen molar-refractivity contribution in [3.05, 3.63) is 95.0 Å². The summed E-state index contributed by atoms with van der Waals surface area (Å²) in [6, 6.07) is 21.2. The van der Waals surface area contributed by atoms with Gasteiger partial charge in [0.2, 0.25) is 0 Å². The van der Waals surface area contributed by atoms with Crippen molar-refractivity contribution < 1.29 is 9.59 Å². The summed E-state index contributed by atoms with van der Waals surface area (Å²) in [5, 5.41) is 16.9. The van der Waals surface area contributed by atoms with Gasteiger partial charge in [0.15, 0.2) is 0 Å². The van der Waals surface area contributed by atoms with Crippen molar-refractivity contribution in [3.63, 3.8) is 0 Å². The molecule has 0 aromatic heterocycles. The van der Waals surface area contributed by atoms with Crippen molar-refractivity contribution in [1.29, 1.82) is 5.41 Å². The molecule has 0 radical (unpaired) electrons. The molecule has 0 saturated heterocycles. The fraction of sp³-hybridized carbons (Fsp3) is 0.125. The van der Waals surface area contributed by atoms with Gasteiger partial charge in [0.1, 0.15) is 11.9 Å².